The number of carbonyl (C=O) groups is 3. The van der Waals surface area contributed by atoms with E-state index in [0.29, 0.717) is 17.5 Å². The average molecular weight is 516 g/mol. The third-order valence-electron chi connectivity index (χ3n) is 6.91. The molecule has 0 bridgehead atoms. The van der Waals surface area contributed by atoms with Crippen LogP contribution in [0.15, 0.2) is 18.2 Å². The molecule has 0 radical (unpaired) electrons. The number of carbonyl (C=O) groups excluding carboxylic acids is 3. The summed E-state index contributed by atoms with van der Waals surface area (Å²) >= 11 is 0. The van der Waals surface area contributed by atoms with Crippen LogP contribution in [0.4, 0.5) is 4.79 Å². The number of nitrogens with zero attached hydrogens (tertiary/aromatic N) is 1. The molecule has 2 aliphatic carbocycles. The van der Waals surface area contributed by atoms with Gasteiger partial charge in [0.15, 0.2) is 0 Å². The highest BCUT2D eigenvalue weighted by molar-refractivity contribution is 5.92. The monoisotopic (exact) mass is 515 g/mol. The van der Waals surface area contributed by atoms with Crippen molar-refractivity contribution in [3.05, 3.63) is 29.3 Å². The van der Waals surface area contributed by atoms with Gasteiger partial charge in [-0.05, 0) is 89.0 Å². The molecule has 3 N–H and O–H groups in total. The first-order valence-corrected chi connectivity index (χ1v) is 13.8. The van der Waals surface area contributed by atoms with Crippen LogP contribution >= 0.6 is 0 Å². The molecule has 0 aromatic heterocycles. The first-order valence-electron chi connectivity index (χ1n) is 13.8. The minimum Gasteiger partial charge on any atom is -0.508 e. The zero-order valence-electron chi connectivity index (χ0n) is 23.3. The van der Waals surface area contributed by atoms with Gasteiger partial charge in [-0.1, -0.05) is 39.2 Å². The molecule has 2 unspecified atom stereocenters. The van der Waals surface area contributed by atoms with Crippen LogP contribution in [0.2, 0.25) is 0 Å². The van der Waals surface area contributed by atoms with Gasteiger partial charge in [0.2, 0.25) is 11.8 Å². The number of aryl methyl sites for hydroxylation is 1. The minimum atomic E-state index is -0.851. The summed E-state index contributed by atoms with van der Waals surface area (Å²) in [5.41, 5.74) is 0.601. The Balaban J connectivity index is 1.95. The minimum absolute atomic E-state index is 0.0844. The molecule has 37 heavy (non-hydrogen) atoms. The molecule has 0 heterocycles. The summed E-state index contributed by atoms with van der Waals surface area (Å²) in [6.07, 6.45) is 6.57. The fraction of sp³-hybridized carbons (Fsp3) is 0.690. The summed E-state index contributed by atoms with van der Waals surface area (Å²) in [5.74, 6) is -0.214. The highest BCUT2D eigenvalue weighted by Crippen LogP contribution is 2.37. The predicted molar refractivity (Wildman–Crippen MR) is 143 cm³/mol. The third kappa shape index (κ3) is 8.37. The van der Waals surface area contributed by atoms with Crippen LogP contribution in [-0.4, -0.2) is 51.6 Å². The van der Waals surface area contributed by atoms with E-state index in [-0.39, 0.29) is 35.6 Å². The van der Waals surface area contributed by atoms with Crippen LogP contribution < -0.4 is 10.6 Å². The van der Waals surface area contributed by atoms with Crippen molar-refractivity contribution in [2.45, 2.75) is 123 Å². The Morgan fingerprint density at radius 2 is 1.73 bits per heavy atom. The summed E-state index contributed by atoms with van der Waals surface area (Å²) in [7, 11) is 0. The Morgan fingerprint density at radius 1 is 1.08 bits per heavy atom. The van der Waals surface area contributed by atoms with Crippen molar-refractivity contribution < 1.29 is 24.2 Å². The van der Waals surface area contributed by atoms with Crippen molar-refractivity contribution in [1.29, 1.82) is 0 Å². The van der Waals surface area contributed by atoms with Gasteiger partial charge in [-0.3, -0.25) is 9.59 Å². The molecule has 1 aromatic carbocycles. The van der Waals surface area contributed by atoms with Crippen molar-refractivity contribution in [2.75, 3.05) is 0 Å². The summed E-state index contributed by atoms with van der Waals surface area (Å²) in [5, 5.41) is 16.1. The van der Waals surface area contributed by atoms with Gasteiger partial charge >= 0.3 is 6.09 Å². The molecule has 0 aliphatic heterocycles. The standard InChI is InChI=1S/C29H45N3O5/c1-18(2)16-23(31-28(36)37-29(4,5)6)27(35)32(22-13-14-22)25(20-12-15-24(33)19(3)17-20)26(34)30-21-10-8-7-9-11-21/h12,15,17-18,21-23,25,33H,7-11,13-14,16H2,1-6H3,(H,30,34)(H,31,36). The lowest BCUT2D eigenvalue weighted by atomic mass is 9.94. The van der Waals surface area contributed by atoms with Crippen LogP contribution in [0, 0.1) is 12.8 Å². The van der Waals surface area contributed by atoms with E-state index < -0.39 is 23.8 Å². The number of rotatable bonds is 9. The molecule has 8 heteroatoms. The highest BCUT2D eigenvalue weighted by atomic mass is 16.6. The Morgan fingerprint density at radius 3 is 2.27 bits per heavy atom. The number of aromatic hydroxyl groups is 1. The number of alkyl carbamates (subject to hydrolysis) is 1. The molecule has 3 amide bonds. The van der Waals surface area contributed by atoms with Gasteiger partial charge in [0.25, 0.3) is 0 Å². The third-order valence-corrected chi connectivity index (χ3v) is 6.91. The normalized spacial score (nSPS) is 18.1. The van der Waals surface area contributed by atoms with E-state index in [9.17, 15) is 19.5 Å². The summed E-state index contributed by atoms with van der Waals surface area (Å²) in [6.45, 7) is 11.1. The van der Waals surface area contributed by atoms with E-state index in [1.54, 1.807) is 50.8 Å². The number of phenols is 1. The van der Waals surface area contributed by atoms with Gasteiger partial charge in [0, 0.05) is 12.1 Å². The molecule has 2 saturated carbocycles. The number of hydrogen-bond acceptors (Lipinski definition) is 5. The molecule has 0 saturated heterocycles. The van der Waals surface area contributed by atoms with Gasteiger partial charge in [0.05, 0.1) is 0 Å². The van der Waals surface area contributed by atoms with E-state index in [1.807, 2.05) is 13.8 Å². The Hall–Kier alpha value is -2.77. The number of hydrogen-bond donors (Lipinski definition) is 3. The maximum absolute atomic E-state index is 14.2. The SMILES string of the molecule is Cc1cc(C(C(=O)NC2CCCCC2)N(C(=O)C(CC(C)C)NC(=O)OC(C)(C)C)C2CC2)ccc1O. The number of nitrogens with one attached hydrogen (secondary N) is 2. The second-order valence-corrected chi connectivity index (χ2v) is 12.1. The quantitative estimate of drug-likeness (QED) is 0.423. The van der Waals surface area contributed by atoms with E-state index >= 15 is 0 Å². The van der Waals surface area contributed by atoms with Gasteiger partial charge in [-0.25, -0.2) is 4.79 Å². The van der Waals surface area contributed by atoms with Crippen LogP contribution in [0.1, 0.15) is 103 Å². The number of phenolic OH excluding ortho intramolecular Hbond substituents is 1. The van der Waals surface area contributed by atoms with E-state index in [2.05, 4.69) is 10.6 Å². The summed E-state index contributed by atoms with van der Waals surface area (Å²) in [6, 6.07) is 3.40. The maximum Gasteiger partial charge on any atom is 0.408 e. The van der Waals surface area contributed by atoms with Gasteiger partial charge in [0.1, 0.15) is 23.4 Å². The van der Waals surface area contributed by atoms with E-state index in [0.717, 1.165) is 38.5 Å². The fourth-order valence-electron chi connectivity index (χ4n) is 5.01. The summed E-state index contributed by atoms with van der Waals surface area (Å²) < 4.78 is 5.45. The fourth-order valence-corrected chi connectivity index (χ4v) is 5.01. The molecular formula is C29H45N3O5. The first kappa shape index (κ1) is 28.8. The predicted octanol–water partition coefficient (Wildman–Crippen LogP) is 5.12. The first-order chi connectivity index (χ1) is 17.4. The molecule has 2 aliphatic rings. The molecule has 206 valence electrons. The zero-order valence-corrected chi connectivity index (χ0v) is 23.3. The lowest BCUT2D eigenvalue weighted by Gasteiger charge is -2.36. The Labute approximate surface area is 221 Å². The molecule has 0 spiro atoms. The number of amides is 3. The van der Waals surface area contributed by atoms with Crippen molar-refractivity contribution >= 4 is 17.9 Å². The van der Waals surface area contributed by atoms with E-state index in [4.69, 9.17) is 4.74 Å². The smallest absolute Gasteiger partial charge is 0.408 e. The molecule has 2 atom stereocenters. The van der Waals surface area contributed by atoms with Crippen LogP contribution in [0.25, 0.3) is 0 Å². The van der Waals surface area contributed by atoms with Gasteiger partial charge in [-0.15, -0.1) is 0 Å². The second-order valence-electron chi connectivity index (χ2n) is 12.1. The van der Waals surface area contributed by atoms with Crippen molar-refractivity contribution in [1.82, 2.24) is 15.5 Å². The van der Waals surface area contributed by atoms with Crippen molar-refractivity contribution in [3.8, 4) is 5.75 Å². The van der Waals surface area contributed by atoms with Crippen LogP contribution in [0.3, 0.4) is 0 Å². The second kappa shape index (κ2) is 12.2. The number of ether oxygens (including phenoxy) is 1. The lowest BCUT2D eigenvalue weighted by molar-refractivity contribution is -0.143. The van der Waals surface area contributed by atoms with E-state index in [1.165, 1.54) is 6.42 Å². The summed E-state index contributed by atoms with van der Waals surface area (Å²) in [4.78, 5) is 42.4. The molecule has 8 nitrogen and oxygen atoms in total. The highest BCUT2D eigenvalue weighted by Gasteiger charge is 2.44. The molecular weight excluding hydrogens is 470 g/mol. The van der Waals surface area contributed by atoms with Crippen molar-refractivity contribution in [2.24, 2.45) is 5.92 Å². The zero-order chi connectivity index (χ0) is 27.3. The lowest BCUT2D eigenvalue weighted by Crippen LogP contribution is -2.54. The molecule has 1 aromatic rings. The maximum atomic E-state index is 14.2. The van der Waals surface area contributed by atoms with Crippen LogP contribution in [-0.2, 0) is 14.3 Å². The molecule has 2 fully saturated rings. The van der Waals surface area contributed by atoms with Crippen LogP contribution in [0.5, 0.6) is 5.75 Å². The van der Waals surface area contributed by atoms with Gasteiger partial charge in [-0.2, -0.15) is 0 Å². The largest absolute Gasteiger partial charge is 0.508 e. The topological polar surface area (TPSA) is 108 Å². The van der Waals surface area contributed by atoms with Gasteiger partial charge < -0.3 is 25.4 Å². The van der Waals surface area contributed by atoms with Crippen molar-refractivity contribution in [3.63, 3.8) is 0 Å². The average Bonchev–Trinajstić information content (AvgIpc) is 3.62. The number of benzene rings is 1. The Kier molecular flexibility index (Phi) is 9.48. The molecule has 3 rings (SSSR count). The Bertz CT molecular complexity index is 961.